The van der Waals surface area contributed by atoms with E-state index >= 15 is 0 Å². The molecule has 0 amide bonds. The molecule has 0 saturated carbocycles. The van der Waals surface area contributed by atoms with Crippen molar-refractivity contribution in [2.75, 3.05) is 17.2 Å². The topological polar surface area (TPSA) is 128 Å². The molecule has 0 radical (unpaired) electrons. The van der Waals surface area contributed by atoms with Crippen LogP contribution in [0.4, 0.5) is 11.8 Å². The normalized spacial score (nSPS) is 12.5. The van der Waals surface area contributed by atoms with E-state index in [1.807, 2.05) is 18.4 Å². The molecule has 0 saturated heterocycles. The van der Waals surface area contributed by atoms with Gasteiger partial charge in [-0.3, -0.25) is 0 Å². The fraction of sp³-hybridized carbons (Fsp3) is 0.389. The summed E-state index contributed by atoms with van der Waals surface area (Å²) in [5.41, 5.74) is 1.80. The number of nitrogens with one attached hydrogen (secondary N) is 2. The van der Waals surface area contributed by atoms with Crippen molar-refractivity contribution in [1.82, 2.24) is 19.5 Å². The Morgan fingerprint density at radius 3 is 2.59 bits per heavy atom. The summed E-state index contributed by atoms with van der Waals surface area (Å²) in [6, 6.07) is 4.51. The number of aromatic nitrogens is 4. The molecule has 9 heteroatoms. The summed E-state index contributed by atoms with van der Waals surface area (Å²) >= 11 is 0. The summed E-state index contributed by atoms with van der Waals surface area (Å²) in [4.78, 5) is 13.4. The van der Waals surface area contributed by atoms with Crippen LogP contribution < -0.4 is 10.6 Å². The lowest BCUT2D eigenvalue weighted by molar-refractivity contribution is 0.208. The van der Waals surface area contributed by atoms with Crippen molar-refractivity contribution >= 4 is 22.9 Å². The number of aliphatic hydroxyl groups is 1. The van der Waals surface area contributed by atoms with Crippen LogP contribution in [0.3, 0.4) is 0 Å². The third kappa shape index (κ3) is 4.20. The first-order valence-electron chi connectivity index (χ1n) is 8.76. The Labute approximate surface area is 156 Å². The molecule has 9 nitrogen and oxygen atoms in total. The molecule has 144 valence electrons. The number of phenols is 2. The smallest absolute Gasteiger partial charge is 0.226 e. The molecule has 5 N–H and O–H groups in total. The van der Waals surface area contributed by atoms with Crippen molar-refractivity contribution in [3.05, 3.63) is 30.1 Å². The Morgan fingerprint density at radius 2 is 1.89 bits per heavy atom. The van der Waals surface area contributed by atoms with E-state index in [1.54, 1.807) is 13.3 Å². The predicted octanol–water partition coefficient (Wildman–Crippen LogP) is 2.22. The largest absolute Gasteiger partial charge is 0.508 e. The number of imidazole rings is 1. The van der Waals surface area contributed by atoms with Gasteiger partial charge in [-0.05, 0) is 39.0 Å². The van der Waals surface area contributed by atoms with Crippen molar-refractivity contribution in [2.24, 2.45) is 0 Å². The third-order valence-electron chi connectivity index (χ3n) is 4.04. The van der Waals surface area contributed by atoms with Crippen LogP contribution in [0.5, 0.6) is 11.5 Å². The molecule has 2 aromatic heterocycles. The van der Waals surface area contributed by atoms with E-state index in [1.165, 1.54) is 18.2 Å². The summed E-state index contributed by atoms with van der Waals surface area (Å²) in [6.45, 7) is 6.30. The maximum atomic E-state index is 9.96. The van der Waals surface area contributed by atoms with Gasteiger partial charge in [0.1, 0.15) is 11.5 Å². The van der Waals surface area contributed by atoms with Crippen molar-refractivity contribution in [2.45, 2.75) is 39.5 Å². The Bertz CT molecular complexity index is 938. The van der Waals surface area contributed by atoms with Gasteiger partial charge in [0.25, 0.3) is 0 Å². The van der Waals surface area contributed by atoms with Gasteiger partial charge in [0, 0.05) is 24.7 Å². The van der Waals surface area contributed by atoms with E-state index in [0.717, 1.165) is 0 Å². The highest BCUT2D eigenvalue weighted by atomic mass is 16.3. The summed E-state index contributed by atoms with van der Waals surface area (Å²) < 4.78 is 1.93. The highest BCUT2D eigenvalue weighted by Crippen LogP contribution is 2.26. The van der Waals surface area contributed by atoms with Crippen LogP contribution in [-0.2, 0) is 6.54 Å². The molecule has 2 heterocycles. The highest BCUT2D eigenvalue weighted by molar-refractivity contribution is 5.84. The second-order valence-electron chi connectivity index (χ2n) is 6.71. The van der Waals surface area contributed by atoms with Crippen molar-refractivity contribution < 1.29 is 15.3 Å². The lowest BCUT2D eigenvalue weighted by atomic mass is 10.2. The molecule has 0 aliphatic rings. The molecule has 3 aromatic rings. The first kappa shape index (κ1) is 18.7. The summed E-state index contributed by atoms with van der Waals surface area (Å²) in [6.07, 6.45) is 1.17. The van der Waals surface area contributed by atoms with Gasteiger partial charge in [0.05, 0.1) is 12.4 Å². The maximum Gasteiger partial charge on any atom is 0.226 e. The van der Waals surface area contributed by atoms with Gasteiger partial charge >= 0.3 is 0 Å². The Balaban J connectivity index is 1.95. The molecule has 0 unspecified atom stereocenters. The van der Waals surface area contributed by atoms with Crippen LogP contribution in [0, 0.1) is 0 Å². The predicted molar refractivity (Wildman–Crippen MR) is 103 cm³/mol. The Hall–Kier alpha value is -3.07. The van der Waals surface area contributed by atoms with Crippen LogP contribution in [0.25, 0.3) is 11.2 Å². The fourth-order valence-electron chi connectivity index (χ4n) is 2.63. The molecule has 3 rings (SSSR count). The minimum atomic E-state index is -0.542. The van der Waals surface area contributed by atoms with E-state index in [0.29, 0.717) is 35.0 Å². The number of fused-ring (bicyclic) bond motifs is 1. The van der Waals surface area contributed by atoms with Gasteiger partial charge in [-0.2, -0.15) is 9.97 Å². The molecule has 0 aliphatic carbocycles. The molecule has 0 aliphatic heterocycles. The molecule has 0 bridgehead atoms. The van der Waals surface area contributed by atoms with Crippen LogP contribution >= 0.6 is 0 Å². The number of aromatic hydroxyl groups is 2. The van der Waals surface area contributed by atoms with Gasteiger partial charge in [0.2, 0.25) is 5.95 Å². The van der Waals surface area contributed by atoms with E-state index in [4.69, 9.17) is 0 Å². The molecule has 1 atom stereocenters. The van der Waals surface area contributed by atoms with Crippen LogP contribution in [0.15, 0.2) is 24.5 Å². The maximum absolute atomic E-state index is 9.96. The Morgan fingerprint density at radius 1 is 1.11 bits per heavy atom. The molecule has 27 heavy (non-hydrogen) atoms. The number of anilines is 2. The van der Waals surface area contributed by atoms with E-state index in [2.05, 4.69) is 25.6 Å². The molecular formula is C18H24N6O3. The van der Waals surface area contributed by atoms with Gasteiger partial charge in [-0.25, -0.2) is 4.98 Å². The van der Waals surface area contributed by atoms with Crippen molar-refractivity contribution in [3.63, 3.8) is 0 Å². The number of aliphatic hydroxyl groups excluding tert-OH is 1. The van der Waals surface area contributed by atoms with Crippen molar-refractivity contribution in [1.29, 1.82) is 0 Å². The quantitative estimate of drug-likeness (QED) is 0.399. The number of nitrogens with zero attached hydrogens (tertiary/aromatic N) is 4. The first-order valence-corrected chi connectivity index (χ1v) is 8.76. The van der Waals surface area contributed by atoms with Crippen molar-refractivity contribution in [3.8, 4) is 11.5 Å². The zero-order valence-corrected chi connectivity index (χ0v) is 15.5. The van der Waals surface area contributed by atoms with Gasteiger partial charge in [-0.1, -0.05) is 0 Å². The monoisotopic (exact) mass is 372 g/mol. The number of rotatable bonds is 7. The number of phenolic OH excluding ortho intramolecular Hbond substituents is 2. The second kappa shape index (κ2) is 7.67. The van der Waals surface area contributed by atoms with E-state index in [9.17, 15) is 15.3 Å². The first-order chi connectivity index (χ1) is 12.8. The SMILES string of the molecule is CC(C)n1cnc2c(NCc3cc(O)ccc3O)nc(NC[C@@H](C)O)nc21. The van der Waals surface area contributed by atoms with Crippen LogP contribution in [0.2, 0.25) is 0 Å². The lowest BCUT2D eigenvalue weighted by Crippen LogP contribution is -2.17. The summed E-state index contributed by atoms with van der Waals surface area (Å²) in [5, 5.41) is 35.2. The summed E-state index contributed by atoms with van der Waals surface area (Å²) in [7, 11) is 0. The van der Waals surface area contributed by atoms with Crippen LogP contribution in [0.1, 0.15) is 32.4 Å². The molecule has 0 spiro atoms. The minimum Gasteiger partial charge on any atom is -0.508 e. The Kier molecular flexibility index (Phi) is 5.31. The zero-order chi connectivity index (χ0) is 19.6. The number of hydrogen-bond donors (Lipinski definition) is 5. The standard InChI is InChI=1S/C18H24N6O3/c1-10(2)24-9-21-15-16(19-8-12-6-13(26)4-5-14(12)27)22-18(23-17(15)24)20-7-11(3)25/h4-6,9-11,25-27H,7-8H2,1-3H3,(H2,19,20,22,23)/t11-/m1/s1. The second-order valence-corrected chi connectivity index (χ2v) is 6.71. The number of benzene rings is 1. The van der Waals surface area contributed by atoms with E-state index < -0.39 is 6.10 Å². The molecule has 0 fully saturated rings. The molecular weight excluding hydrogens is 348 g/mol. The highest BCUT2D eigenvalue weighted by Gasteiger charge is 2.15. The van der Waals surface area contributed by atoms with E-state index in [-0.39, 0.29) is 24.1 Å². The van der Waals surface area contributed by atoms with Gasteiger partial charge in [0.15, 0.2) is 17.0 Å². The minimum absolute atomic E-state index is 0.0702. The number of hydrogen-bond acceptors (Lipinski definition) is 8. The lowest BCUT2D eigenvalue weighted by Gasteiger charge is -2.13. The van der Waals surface area contributed by atoms with Gasteiger partial charge in [-0.15, -0.1) is 0 Å². The zero-order valence-electron chi connectivity index (χ0n) is 15.5. The molecule has 1 aromatic carbocycles. The fourth-order valence-corrected chi connectivity index (χ4v) is 2.63. The average molecular weight is 372 g/mol. The van der Waals surface area contributed by atoms with Gasteiger partial charge < -0.3 is 30.5 Å². The average Bonchev–Trinajstić information content (AvgIpc) is 3.04. The van der Waals surface area contributed by atoms with Crippen LogP contribution in [-0.4, -0.2) is 47.5 Å². The third-order valence-corrected chi connectivity index (χ3v) is 4.04. The summed E-state index contributed by atoms with van der Waals surface area (Å²) in [5.74, 6) is 1.01.